The fourth-order valence-corrected chi connectivity index (χ4v) is 10.9. The molecule has 65 heavy (non-hydrogen) atoms. The summed E-state index contributed by atoms with van der Waals surface area (Å²) in [5.41, 5.74) is 17.3. The third-order valence-electron chi connectivity index (χ3n) is 14.0. The van der Waals surface area contributed by atoms with Crippen LogP contribution >= 0.6 is 0 Å². The van der Waals surface area contributed by atoms with E-state index in [9.17, 15) is 0 Å². The number of nitrogens with zero attached hydrogens (tertiary/aromatic N) is 1. The average Bonchev–Trinajstić information content (AvgIpc) is 3.84. The van der Waals surface area contributed by atoms with Crippen molar-refractivity contribution in [3.63, 3.8) is 0 Å². The largest absolute Gasteiger partial charge is 0.455 e. The second kappa shape index (κ2) is 14.4. The van der Waals surface area contributed by atoms with Crippen LogP contribution in [0.3, 0.4) is 0 Å². The summed E-state index contributed by atoms with van der Waals surface area (Å²) in [6.07, 6.45) is 0. The zero-order valence-corrected chi connectivity index (χ0v) is 36.2. The summed E-state index contributed by atoms with van der Waals surface area (Å²) >= 11 is 0. The molecule has 0 bridgehead atoms. The molecule has 0 N–H and O–H groups in total. The van der Waals surface area contributed by atoms with Crippen LogP contribution in [0.15, 0.2) is 229 Å². The van der Waals surface area contributed by atoms with Crippen molar-refractivity contribution in [3.05, 3.63) is 236 Å². The quantitative estimate of drug-likeness (QED) is 0.155. The molecule has 306 valence electrons. The minimum atomic E-state index is -0.114. The van der Waals surface area contributed by atoms with Gasteiger partial charge in [-0.05, 0) is 125 Å². The highest BCUT2D eigenvalue weighted by Gasteiger charge is 2.37. The number of benzene rings is 11. The Morgan fingerprint density at radius 3 is 1.74 bits per heavy atom. The van der Waals surface area contributed by atoms with Crippen LogP contribution < -0.4 is 4.90 Å². The first-order valence-electron chi connectivity index (χ1n) is 22.6. The van der Waals surface area contributed by atoms with Crippen molar-refractivity contribution in [2.75, 3.05) is 4.90 Å². The zero-order valence-electron chi connectivity index (χ0n) is 36.2. The summed E-state index contributed by atoms with van der Waals surface area (Å²) in [7, 11) is 0. The standard InChI is InChI=1S/C63H43NO/c1-63(2)58-23-9-7-17-52(58)54-20-11-19-51(61(54)63)42-29-34-48(35-30-42)64(47-32-27-40(28-33-47)45-31-36-50-46(37-45)26-25-41-13-5-6-16-49(41)50)59-24-10-8-18-53(59)55-21-12-22-56-57-38-43-14-3-4-15-44(43)39-60(57)65-62(55)56/h3-39H,1-2H3. The third kappa shape index (κ3) is 5.88. The van der Waals surface area contributed by atoms with E-state index in [0.29, 0.717) is 0 Å². The van der Waals surface area contributed by atoms with E-state index >= 15 is 0 Å². The lowest BCUT2D eigenvalue weighted by Crippen LogP contribution is -2.16. The van der Waals surface area contributed by atoms with E-state index in [1.54, 1.807) is 0 Å². The number of fused-ring (bicyclic) bond motifs is 10. The molecule has 13 rings (SSSR count). The van der Waals surface area contributed by atoms with Crippen LogP contribution in [0.5, 0.6) is 0 Å². The fraction of sp³-hybridized carbons (Fsp3) is 0.0476. The lowest BCUT2D eigenvalue weighted by molar-refractivity contribution is 0.662. The second-order valence-electron chi connectivity index (χ2n) is 18.0. The van der Waals surface area contributed by atoms with Gasteiger partial charge in [0.2, 0.25) is 0 Å². The highest BCUT2D eigenvalue weighted by atomic mass is 16.3. The first-order valence-corrected chi connectivity index (χ1v) is 22.6. The van der Waals surface area contributed by atoms with Gasteiger partial charge in [-0.1, -0.05) is 190 Å². The Morgan fingerprint density at radius 1 is 0.354 bits per heavy atom. The summed E-state index contributed by atoms with van der Waals surface area (Å²) in [5.74, 6) is 0. The van der Waals surface area contributed by atoms with Gasteiger partial charge >= 0.3 is 0 Å². The molecule has 0 radical (unpaired) electrons. The van der Waals surface area contributed by atoms with Crippen LogP contribution in [0.1, 0.15) is 25.0 Å². The normalized spacial score (nSPS) is 12.9. The Labute approximate surface area is 378 Å². The Hall–Kier alpha value is -8.20. The molecule has 0 saturated heterocycles. The molecule has 11 aromatic carbocycles. The Bertz CT molecular complexity index is 3850. The van der Waals surface area contributed by atoms with Gasteiger partial charge in [0.05, 0.1) is 5.69 Å². The molecule has 1 aliphatic carbocycles. The smallest absolute Gasteiger partial charge is 0.143 e. The molecule has 2 nitrogen and oxygen atoms in total. The summed E-state index contributed by atoms with van der Waals surface area (Å²) in [5, 5.41) is 9.68. The van der Waals surface area contributed by atoms with Crippen molar-refractivity contribution < 1.29 is 4.42 Å². The molecule has 0 unspecified atom stereocenters. The van der Waals surface area contributed by atoms with Crippen molar-refractivity contribution in [1.82, 2.24) is 0 Å². The molecular weight excluding hydrogens is 787 g/mol. The van der Waals surface area contributed by atoms with Crippen LogP contribution in [0.25, 0.3) is 98.8 Å². The van der Waals surface area contributed by atoms with Gasteiger partial charge in [-0.15, -0.1) is 0 Å². The molecular formula is C63H43NO. The van der Waals surface area contributed by atoms with Crippen LogP contribution in [0, 0.1) is 0 Å². The predicted octanol–water partition coefficient (Wildman–Crippen LogP) is 17.8. The number of para-hydroxylation sites is 2. The molecule has 0 spiro atoms. The van der Waals surface area contributed by atoms with E-state index in [0.717, 1.165) is 50.1 Å². The number of rotatable bonds is 6. The van der Waals surface area contributed by atoms with Crippen LogP contribution in [0.2, 0.25) is 0 Å². The summed E-state index contributed by atoms with van der Waals surface area (Å²) < 4.78 is 6.83. The van der Waals surface area contributed by atoms with Gasteiger partial charge in [-0.3, -0.25) is 0 Å². The van der Waals surface area contributed by atoms with Gasteiger partial charge in [0.25, 0.3) is 0 Å². The number of furan rings is 1. The minimum Gasteiger partial charge on any atom is -0.455 e. The van der Waals surface area contributed by atoms with Crippen molar-refractivity contribution in [2.45, 2.75) is 19.3 Å². The van der Waals surface area contributed by atoms with Gasteiger partial charge in [0.15, 0.2) is 0 Å². The molecule has 1 aromatic heterocycles. The van der Waals surface area contributed by atoms with Gasteiger partial charge in [0, 0.05) is 38.7 Å². The first kappa shape index (κ1) is 37.4. The molecule has 1 heterocycles. The Kier molecular flexibility index (Phi) is 8.29. The van der Waals surface area contributed by atoms with E-state index in [-0.39, 0.29) is 5.41 Å². The van der Waals surface area contributed by atoms with E-state index in [1.807, 2.05) is 0 Å². The average molecular weight is 830 g/mol. The molecule has 0 amide bonds. The van der Waals surface area contributed by atoms with Crippen LogP contribution in [0.4, 0.5) is 17.1 Å². The maximum Gasteiger partial charge on any atom is 0.143 e. The first-order chi connectivity index (χ1) is 32.0. The summed E-state index contributed by atoms with van der Waals surface area (Å²) in [6.45, 7) is 4.73. The van der Waals surface area contributed by atoms with Crippen molar-refractivity contribution in [1.29, 1.82) is 0 Å². The van der Waals surface area contributed by atoms with Gasteiger partial charge < -0.3 is 9.32 Å². The lowest BCUT2D eigenvalue weighted by atomic mass is 9.79. The molecule has 0 fully saturated rings. The molecule has 12 aromatic rings. The van der Waals surface area contributed by atoms with Gasteiger partial charge in [-0.2, -0.15) is 0 Å². The maximum atomic E-state index is 6.83. The van der Waals surface area contributed by atoms with Gasteiger partial charge in [-0.25, -0.2) is 0 Å². The zero-order chi connectivity index (χ0) is 43.2. The van der Waals surface area contributed by atoms with Crippen molar-refractivity contribution in [2.24, 2.45) is 0 Å². The SMILES string of the molecule is CC1(C)c2ccccc2-c2cccc(-c3ccc(N(c4ccc(-c5ccc6c(ccc7ccccc76)c5)cc4)c4ccccc4-c4cccc5c4oc4cc6ccccc6cc45)cc3)c21. The van der Waals surface area contributed by atoms with Gasteiger partial charge in [0.1, 0.15) is 11.2 Å². The van der Waals surface area contributed by atoms with Crippen molar-refractivity contribution >= 4 is 71.3 Å². The predicted molar refractivity (Wildman–Crippen MR) is 275 cm³/mol. The summed E-state index contributed by atoms with van der Waals surface area (Å²) in [6, 6.07) is 82.1. The lowest BCUT2D eigenvalue weighted by Gasteiger charge is -2.28. The van der Waals surface area contributed by atoms with E-state index < -0.39 is 0 Å². The molecule has 0 atom stereocenters. The molecule has 1 aliphatic rings. The molecule has 0 aliphatic heterocycles. The minimum absolute atomic E-state index is 0.114. The summed E-state index contributed by atoms with van der Waals surface area (Å²) in [4.78, 5) is 2.40. The highest BCUT2D eigenvalue weighted by molar-refractivity contribution is 6.14. The van der Waals surface area contributed by atoms with E-state index in [1.165, 1.54) is 76.8 Å². The fourth-order valence-electron chi connectivity index (χ4n) is 10.9. The molecule has 2 heteroatoms. The highest BCUT2D eigenvalue weighted by Crippen LogP contribution is 2.52. The third-order valence-corrected chi connectivity index (χ3v) is 14.0. The van der Waals surface area contributed by atoms with Crippen molar-refractivity contribution in [3.8, 4) is 44.5 Å². The number of hydrogen-bond donors (Lipinski definition) is 0. The second-order valence-corrected chi connectivity index (χ2v) is 18.0. The topological polar surface area (TPSA) is 16.4 Å². The number of hydrogen-bond acceptors (Lipinski definition) is 2. The van der Waals surface area contributed by atoms with Crippen LogP contribution in [-0.4, -0.2) is 0 Å². The maximum absolute atomic E-state index is 6.83. The van der Waals surface area contributed by atoms with E-state index in [4.69, 9.17) is 4.42 Å². The van der Waals surface area contributed by atoms with Crippen LogP contribution in [-0.2, 0) is 5.41 Å². The van der Waals surface area contributed by atoms with E-state index in [2.05, 4.69) is 243 Å². The Morgan fingerprint density at radius 2 is 0.923 bits per heavy atom. The molecule has 0 saturated carbocycles. The number of anilines is 3. The Balaban J connectivity index is 0.954. The monoisotopic (exact) mass is 829 g/mol.